The Balaban J connectivity index is 2.15. The van der Waals surface area contributed by atoms with Crippen molar-refractivity contribution in [1.29, 1.82) is 0 Å². The van der Waals surface area contributed by atoms with Crippen LogP contribution in [0.1, 0.15) is 44.9 Å². The van der Waals surface area contributed by atoms with Gasteiger partial charge in [0.05, 0.1) is 17.3 Å². The first-order valence-electron chi connectivity index (χ1n) is 8.13. The van der Waals surface area contributed by atoms with Crippen molar-refractivity contribution in [3.8, 4) is 0 Å². The average molecular weight is 338 g/mol. The fraction of sp³-hybridized carbons (Fsp3) is 0.688. The van der Waals surface area contributed by atoms with Crippen LogP contribution in [0.15, 0.2) is 17.1 Å². The Kier molecular flexibility index (Phi) is 6.95. The number of carbonyl (C=O) groups excluding carboxylic acids is 2. The molecule has 23 heavy (non-hydrogen) atoms. The van der Waals surface area contributed by atoms with Crippen LogP contribution in [0, 0.1) is 0 Å². The van der Waals surface area contributed by atoms with Gasteiger partial charge in [-0.05, 0) is 38.5 Å². The summed E-state index contributed by atoms with van der Waals surface area (Å²) in [6.45, 7) is 1.65. The Morgan fingerprint density at radius 1 is 1.22 bits per heavy atom. The first kappa shape index (κ1) is 17.8. The van der Waals surface area contributed by atoms with Crippen LogP contribution in [0.2, 0.25) is 0 Å². The minimum absolute atomic E-state index is 0.0403. The van der Waals surface area contributed by atoms with Crippen molar-refractivity contribution < 1.29 is 19.8 Å². The predicted molar refractivity (Wildman–Crippen MR) is 85.6 cm³/mol. The van der Waals surface area contributed by atoms with Gasteiger partial charge in [-0.15, -0.1) is 0 Å². The molecule has 0 aromatic carbocycles. The number of aliphatic imine (C=N–C) groups is 1. The Hall–Kier alpha value is -1.50. The summed E-state index contributed by atoms with van der Waals surface area (Å²) < 4.78 is 0. The van der Waals surface area contributed by atoms with E-state index in [0.717, 1.165) is 63.4 Å². The molecule has 1 saturated heterocycles. The first-order chi connectivity index (χ1) is 11.1. The van der Waals surface area contributed by atoms with Gasteiger partial charge in [0.1, 0.15) is 0 Å². The third kappa shape index (κ3) is 5.89. The topological polar surface area (TPSA) is 95.9 Å². The van der Waals surface area contributed by atoms with E-state index in [1.54, 1.807) is 0 Å². The molecule has 2 rings (SSSR count). The fourth-order valence-electron chi connectivity index (χ4n) is 2.77. The molecule has 1 heterocycles. The lowest BCUT2D eigenvalue weighted by atomic mass is 10.0. The van der Waals surface area contributed by atoms with E-state index in [1.807, 2.05) is 6.08 Å². The summed E-state index contributed by atoms with van der Waals surface area (Å²) in [7, 11) is 0. The molecule has 6 nitrogen and oxygen atoms in total. The average Bonchev–Trinajstić information content (AvgIpc) is 2.54. The van der Waals surface area contributed by atoms with Crippen LogP contribution in [-0.4, -0.2) is 46.4 Å². The number of piperidine rings is 1. The molecular formula is C16H22N2O4S-2. The fourth-order valence-corrected chi connectivity index (χ4v) is 3.87. The summed E-state index contributed by atoms with van der Waals surface area (Å²) in [6.07, 6.45) is 9.84. The molecule has 0 N–H and O–H groups in total. The molecule has 0 saturated carbocycles. The molecule has 2 atom stereocenters. The lowest BCUT2D eigenvalue weighted by Gasteiger charge is -2.32. The lowest BCUT2D eigenvalue weighted by molar-refractivity contribution is -0.314. The number of nitrogens with zero attached hydrogens (tertiary/aromatic N) is 2. The van der Waals surface area contributed by atoms with Crippen molar-refractivity contribution in [2.75, 3.05) is 13.1 Å². The first-order valence-corrected chi connectivity index (χ1v) is 9.01. The van der Waals surface area contributed by atoms with E-state index in [2.05, 4.69) is 11.0 Å². The van der Waals surface area contributed by atoms with E-state index < -0.39 is 23.6 Å². The number of thioether (sulfide) groups is 1. The number of aliphatic carboxylic acids is 2. The van der Waals surface area contributed by atoms with Crippen LogP contribution in [0.25, 0.3) is 0 Å². The van der Waals surface area contributed by atoms with E-state index in [0.29, 0.717) is 5.17 Å². The summed E-state index contributed by atoms with van der Waals surface area (Å²) in [5.74, 6) is -2.77. The monoisotopic (exact) mass is 338 g/mol. The molecule has 0 spiro atoms. The molecule has 0 unspecified atom stereocenters. The molecule has 0 aromatic heterocycles. The van der Waals surface area contributed by atoms with Gasteiger partial charge in [0.15, 0.2) is 5.17 Å². The molecule has 1 aliphatic heterocycles. The molecule has 0 amide bonds. The molecule has 1 fully saturated rings. The smallest absolute Gasteiger partial charge is 0.160 e. The Labute approximate surface area is 140 Å². The van der Waals surface area contributed by atoms with Crippen molar-refractivity contribution in [2.24, 2.45) is 4.99 Å². The van der Waals surface area contributed by atoms with E-state index >= 15 is 0 Å². The van der Waals surface area contributed by atoms with Crippen LogP contribution in [0.4, 0.5) is 0 Å². The molecular weight excluding hydrogens is 316 g/mol. The van der Waals surface area contributed by atoms with Gasteiger partial charge in [-0.3, -0.25) is 4.99 Å². The summed E-state index contributed by atoms with van der Waals surface area (Å²) in [6, 6.07) is 0.0403. The van der Waals surface area contributed by atoms with Crippen LogP contribution in [0.3, 0.4) is 0 Å². The van der Waals surface area contributed by atoms with Gasteiger partial charge in [0.25, 0.3) is 0 Å². The van der Waals surface area contributed by atoms with E-state index in [1.165, 1.54) is 0 Å². The maximum absolute atomic E-state index is 11.2. The molecule has 128 valence electrons. The third-order valence-electron chi connectivity index (χ3n) is 3.99. The maximum atomic E-state index is 11.2. The maximum Gasteiger partial charge on any atom is 0.160 e. The van der Waals surface area contributed by atoms with Crippen LogP contribution in [-0.2, 0) is 9.59 Å². The van der Waals surface area contributed by atoms with Crippen LogP contribution < -0.4 is 10.2 Å². The highest BCUT2D eigenvalue weighted by molar-refractivity contribution is 8.14. The highest BCUT2D eigenvalue weighted by atomic mass is 32.2. The normalized spacial score (nSPS) is 23.6. The second-order valence-corrected chi connectivity index (χ2v) is 7.06. The van der Waals surface area contributed by atoms with Gasteiger partial charge >= 0.3 is 0 Å². The van der Waals surface area contributed by atoms with Gasteiger partial charge in [0, 0.05) is 25.5 Å². The summed E-state index contributed by atoms with van der Waals surface area (Å²) >= 11 is 0.986. The number of carbonyl (C=O) groups is 2. The lowest BCUT2D eigenvalue weighted by Crippen LogP contribution is -2.42. The SMILES string of the molecule is O=C([O-])C[C@H](SC(=N[C@H]1C=CCCC1)N1CCCCC1)C(=O)[O-]. The number of likely N-dealkylation sites (tertiary alicyclic amines) is 1. The molecule has 2 aliphatic rings. The molecule has 0 bridgehead atoms. The van der Waals surface area contributed by atoms with Gasteiger partial charge in [0.2, 0.25) is 0 Å². The van der Waals surface area contributed by atoms with Gasteiger partial charge in [-0.1, -0.05) is 23.9 Å². The number of carboxylic acids is 2. The summed E-state index contributed by atoms with van der Waals surface area (Å²) in [5, 5.41) is 21.5. The van der Waals surface area contributed by atoms with Crippen LogP contribution >= 0.6 is 11.8 Å². The van der Waals surface area contributed by atoms with Crippen molar-refractivity contribution >= 4 is 28.9 Å². The number of amidine groups is 1. The number of hydrogen-bond acceptors (Lipinski definition) is 6. The zero-order chi connectivity index (χ0) is 16.7. The quantitative estimate of drug-likeness (QED) is 0.395. The number of rotatable bonds is 5. The minimum atomic E-state index is -1.39. The zero-order valence-corrected chi connectivity index (χ0v) is 13.9. The van der Waals surface area contributed by atoms with Crippen molar-refractivity contribution in [1.82, 2.24) is 4.90 Å². The highest BCUT2D eigenvalue weighted by Crippen LogP contribution is 2.24. The molecule has 0 radical (unpaired) electrons. The van der Waals surface area contributed by atoms with E-state index in [-0.39, 0.29) is 6.04 Å². The van der Waals surface area contributed by atoms with Crippen molar-refractivity contribution in [2.45, 2.75) is 56.2 Å². The Bertz CT molecular complexity index is 486. The molecule has 7 heteroatoms. The van der Waals surface area contributed by atoms with E-state index in [9.17, 15) is 19.8 Å². The largest absolute Gasteiger partial charge is 0.550 e. The summed E-state index contributed by atoms with van der Waals surface area (Å²) in [5.41, 5.74) is 0. The second-order valence-electron chi connectivity index (χ2n) is 5.89. The number of hydrogen-bond donors (Lipinski definition) is 0. The van der Waals surface area contributed by atoms with Gasteiger partial charge in [-0.25, -0.2) is 0 Å². The van der Waals surface area contributed by atoms with Gasteiger partial charge < -0.3 is 24.7 Å². The zero-order valence-electron chi connectivity index (χ0n) is 13.1. The number of carboxylic acid groups (broad SMARTS) is 2. The Morgan fingerprint density at radius 2 is 1.96 bits per heavy atom. The molecule has 1 aliphatic carbocycles. The van der Waals surface area contributed by atoms with E-state index in [4.69, 9.17) is 4.99 Å². The molecule has 0 aromatic rings. The Morgan fingerprint density at radius 3 is 2.52 bits per heavy atom. The van der Waals surface area contributed by atoms with Crippen molar-refractivity contribution in [3.63, 3.8) is 0 Å². The van der Waals surface area contributed by atoms with Crippen LogP contribution in [0.5, 0.6) is 0 Å². The summed E-state index contributed by atoms with van der Waals surface area (Å²) in [4.78, 5) is 28.8. The van der Waals surface area contributed by atoms with Crippen molar-refractivity contribution in [3.05, 3.63) is 12.2 Å². The predicted octanol–water partition coefficient (Wildman–Crippen LogP) is -0.0713. The second kappa shape index (κ2) is 8.96. The third-order valence-corrected chi connectivity index (χ3v) is 5.21. The minimum Gasteiger partial charge on any atom is -0.550 e. The standard InChI is InChI=1S/C16H24N2O4S/c19-14(20)11-13(15(21)22)23-16(18-9-5-2-6-10-18)17-12-7-3-1-4-8-12/h3,7,12-13H,1-2,4-6,8-11H2,(H,19,20)(H,21,22)/p-2/t12-,13-/m0/s1. The van der Waals surface area contributed by atoms with Gasteiger partial charge in [-0.2, -0.15) is 0 Å². The highest BCUT2D eigenvalue weighted by Gasteiger charge is 2.22. The number of allylic oxidation sites excluding steroid dienone is 1.